The van der Waals surface area contributed by atoms with Crippen molar-refractivity contribution < 1.29 is 27.4 Å². The molecule has 2 rings (SSSR count). The Morgan fingerprint density at radius 2 is 1.79 bits per heavy atom. The van der Waals surface area contributed by atoms with E-state index in [2.05, 4.69) is 20.0 Å². The number of aromatic nitrogens is 1. The number of pyridine rings is 1. The Morgan fingerprint density at radius 3 is 2.38 bits per heavy atom. The number of aliphatic imine (C=N–C) groups is 1. The van der Waals surface area contributed by atoms with Gasteiger partial charge in [-0.25, -0.2) is 9.98 Å². The molecule has 0 fully saturated rings. The van der Waals surface area contributed by atoms with Gasteiger partial charge < -0.3 is 25.3 Å². The van der Waals surface area contributed by atoms with Gasteiger partial charge in [-0.1, -0.05) is 12.1 Å². The van der Waals surface area contributed by atoms with E-state index in [0.29, 0.717) is 23.6 Å². The molecule has 0 saturated heterocycles. The zero-order valence-corrected chi connectivity index (χ0v) is 18.2. The summed E-state index contributed by atoms with van der Waals surface area (Å²) in [5, 5.41) is 2.97. The van der Waals surface area contributed by atoms with Crippen LogP contribution in [0.3, 0.4) is 0 Å². The van der Waals surface area contributed by atoms with Crippen molar-refractivity contribution in [2.45, 2.75) is 19.3 Å². The van der Waals surface area contributed by atoms with Gasteiger partial charge in [-0.15, -0.1) is 24.0 Å². The van der Waals surface area contributed by atoms with Crippen LogP contribution >= 0.6 is 24.0 Å². The van der Waals surface area contributed by atoms with Gasteiger partial charge >= 0.3 is 6.18 Å². The van der Waals surface area contributed by atoms with Crippen LogP contribution in [-0.2, 0) is 13.1 Å². The maximum Gasteiger partial charge on any atom is 0.422 e. The largest absolute Gasteiger partial charge is 0.493 e. The Balaban J connectivity index is 0.00000420. The molecule has 1 heterocycles. The fourth-order valence-corrected chi connectivity index (χ4v) is 2.16. The molecule has 0 aliphatic heterocycles. The molecular formula is C18H22F3IN4O3. The van der Waals surface area contributed by atoms with Crippen LogP contribution in [0.2, 0.25) is 0 Å². The number of guanidine groups is 1. The van der Waals surface area contributed by atoms with Crippen LogP contribution in [0.4, 0.5) is 13.2 Å². The number of hydrogen-bond donors (Lipinski definition) is 2. The zero-order chi connectivity index (χ0) is 20.6. The van der Waals surface area contributed by atoms with Gasteiger partial charge in [-0.3, -0.25) is 0 Å². The standard InChI is InChI=1S/C18H21F3N4O3.HI/c1-26-14-5-3-12(7-15(14)27-2)8-24-17(22)25-10-13-4-6-16(23-9-13)28-11-18(19,20)21;/h3-7,9H,8,10-11H2,1-2H3,(H3,22,24,25);1H. The highest BCUT2D eigenvalue weighted by molar-refractivity contribution is 14.0. The normalized spacial score (nSPS) is 11.4. The summed E-state index contributed by atoms with van der Waals surface area (Å²) >= 11 is 0. The molecule has 1 aromatic carbocycles. The summed E-state index contributed by atoms with van der Waals surface area (Å²) in [5.41, 5.74) is 7.43. The Kier molecular flexibility index (Phi) is 9.78. The highest BCUT2D eigenvalue weighted by Gasteiger charge is 2.28. The lowest BCUT2D eigenvalue weighted by Crippen LogP contribution is -2.31. The lowest BCUT2D eigenvalue weighted by Gasteiger charge is -2.11. The molecule has 1 aromatic heterocycles. The summed E-state index contributed by atoms with van der Waals surface area (Å²) in [6, 6.07) is 8.40. The lowest BCUT2D eigenvalue weighted by atomic mass is 10.2. The topological polar surface area (TPSA) is 91.0 Å². The molecule has 29 heavy (non-hydrogen) atoms. The van der Waals surface area contributed by atoms with Crippen LogP contribution in [0.15, 0.2) is 41.5 Å². The predicted octanol–water partition coefficient (Wildman–Crippen LogP) is 3.26. The van der Waals surface area contributed by atoms with Crippen molar-refractivity contribution in [2.24, 2.45) is 10.7 Å². The second-order valence-corrected chi connectivity index (χ2v) is 5.65. The summed E-state index contributed by atoms with van der Waals surface area (Å²) in [7, 11) is 3.11. The first kappa shape index (κ1) is 24.6. The minimum absolute atomic E-state index is 0. The van der Waals surface area contributed by atoms with Gasteiger partial charge in [0, 0.05) is 18.8 Å². The predicted molar refractivity (Wildman–Crippen MR) is 113 cm³/mol. The molecule has 160 valence electrons. The summed E-state index contributed by atoms with van der Waals surface area (Å²) in [6.45, 7) is -0.736. The number of rotatable bonds is 8. The monoisotopic (exact) mass is 526 g/mol. The number of alkyl halides is 3. The molecule has 7 nitrogen and oxygen atoms in total. The van der Waals surface area contributed by atoms with E-state index in [1.165, 1.54) is 12.3 Å². The van der Waals surface area contributed by atoms with E-state index < -0.39 is 12.8 Å². The summed E-state index contributed by atoms with van der Waals surface area (Å²) < 4.78 is 51.3. The number of nitrogens with zero attached hydrogens (tertiary/aromatic N) is 2. The van der Waals surface area contributed by atoms with Crippen LogP contribution in [-0.4, -0.2) is 37.9 Å². The van der Waals surface area contributed by atoms with Gasteiger partial charge in [0.1, 0.15) is 0 Å². The highest BCUT2D eigenvalue weighted by Crippen LogP contribution is 2.27. The summed E-state index contributed by atoms with van der Waals surface area (Å²) in [5.74, 6) is 1.34. The Bertz CT molecular complexity index is 802. The smallest absolute Gasteiger partial charge is 0.422 e. The molecule has 2 aromatic rings. The van der Waals surface area contributed by atoms with Gasteiger partial charge in [0.05, 0.1) is 20.8 Å². The van der Waals surface area contributed by atoms with Crippen LogP contribution in [0.5, 0.6) is 17.4 Å². The number of halogens is 4. The Hall–Kier alpha value is -2.44. The van der Waals surface area contributed by atoms with E-state index in [-0.39, 0.29) is 42.4 Å². The van der Waals surface area contributed by atoms with Crippen molar-refractivity contribution in [1.82, 2.24) is 10.3 Å². The summed E-state index contributed by atoms with van der Waals surface area (Å²) in [4.78, 5) is 7.98. The van der Waals surface area contributed by atoms with Crippen molar-refractivity contribution in [3.05, 3.63) is 47.7 Å². The fourth-order valence-electron chi connectivity index (χ4n) is 2.16. The highest BCUT2D eigenvalue weighted by atomic mass is 127. The molecule has 0 radical (unpaired) electrons. The number of nitrogens with one attached hydrogen (secondary N) is 1. The van der Waals surface area contributed by atoms with Crippen LogP contribution in [0.1, 0.15) is 11.1 Å². The molecule has 11 heteroatoms. The van der Waals surface area contributed by atoms with Crippen LogP contribution < -0.4 is 25.3 Å². The molecule has 0 unspecified atom stereocenters. The molecule has 3 N–H and O–H groups in total. The maximum atomic E-state index is 12.1. The van der Waals surface area contributed by atoms with Gasteiger partial charge in [0.15, 0.2) is 24.1 Å². The third-order valence-corrected chi connectivity index (χ3v) is 3.53. The van der Waals surface area contributed by atoms with Crippen LogP contribution in [0.25, 0.3) is 0 Å². The SMILES string of the molecule is COc1ccc(CNC(N)=NCc2ccc(OCC(F)(F)F)nc2)cc1OC.I. The Morgan fingerprint density at radius 1 is 1.10 bits per heavy atom. The third kappa shape index (κ3) is 8.62. The van der Waals surface area contributed by atoms with E-state index in [1.54, 1.807) is 26.4 Å². The maximum absolute atomic E-state index is 12.1. The molecule has 0 aliphatic rings. The number of methoxy groups -OCH3 is 2. The molecule has 0 bridgehead atoms. The minimum Gasteiger partial charge on any atom is -0.493 e. The first-order valence-electron chi connectivity index (χ1n) is 8.20. The molecule has 0 saturated carbocycles. The Labute approximate surface area is 183 Å². The first-order valence-corrected chi connectivity index (χ1v) is 8.20. The second-order valence-electron chi connectivity index (χ2n) is 5.65. The van der Waals surface area contributed by atoms with Crippen molar-refractivity contribution in [3.63, 3.8) is 0 Å². The van der Waals surface area contributed by atoms with Crippen molar-refractivity contribution in [1.29, 1.82) is 0 Å². The average Bonchev–Trinajstić information content (AvgIpc) is 2.69. The van der Waals surface area contributed by atoms with Gasteiger partial charge in [0.25, 0.3) is 0 Å². The van der Waals surface area contributed by atoms with Crippen molar-refractivity contribution in [2.75, 3.05) is 20.8 Å². The summed E-state index contributed by atoms with van der Waals surface area (Å²) in [6.07, 6.45) is -3.02. The van der Waals surface area contributed by atoms with Gasteiger partial charge in [-0.05, 0) is 23.3 Å². The second kappa shape index (κ2) is 11.5. The van der Waals surface area contributed by atoms with Gasteiger partial charge in [-0.2, -0.15) is 13.2 Å². The van der Waals surface area contributed by atoms with E-state index in [0.717, 1.165) is 5.56 Å². The number of benzene rings is 1. The molecule has 0 aliphatic carbocycles. The first-order chi connectivity index (χ1) is 13.3. The number of hydrogen-bond acceptors (Lipinski definition) is 5. The number of nitrogens with two attached hydrogens (primary N) is 1. The van der Waals surface area contributed by atoms with E-state index in [4.69, 9.17) is 15.2 Å². The van der Waals surface area contributed by atoms with E-state index in [1.807, 2.05) is 12.1 Å². The number of ether oxygens (including phenoxy) is 3. The minimum atomic E-state index is -4.40. The van der Waals surface area contributed by atoms with Crippen LogP contribution in [0, 0.1) is 0 Å². The molecule has 0 amide bonds. The molecular weight excluding hydrogens is 504 g/mol. The zero-order valence-electron chi connectivity index (χ0n) is 15.8. The van der Waals surface area contributed by atoms with E-state index in [9.17, 15) is 13.2 Å². The average molecular weight is 526 g/mol. The van der Waals surface area contributed by atoms with Crippen molar-refractivity contribution >= 4 is 29.9 Å². The molecule has 0 atom stereocenters. The molecule has 0 spiro atoms. The fraction of sp³-hybridized carbons (Fsp3) is 0.333. The third-order valence-electron chi connectivity index (χ3n) is 3.53. The van der Waals surface area contributed by atoms with Gasteiger partial charge in [0.2, 0.25) is 5.88 Å². The lowest BCUT2D eigenvalue weighted by molar-refractivity contribution is -0.154. The quantitative estimate of drug-likeness (QED) is 0.312. The van der Waals surface area contributed by atoms with E-state index >= 15 is 0 Å². The van der Waals surface area contributed by atoms with Crippen molar-refractivity contribution in [3.8, 4) is 17.4 Å².